The van der Waals surface area contributed by atoms with Crippen molar-refractivity contribution in [1.29, 1.82) is 0 Å². The Labute approximate surface area is 182 Å². The van der Waals surface area contributed by atoms with E-state index in [0.29, 0.717) is 17.8 Å². The largest absolute Gasteiger partial charge is 0.452 e. The Bertz CT molecular complexity index is 990. The highest BCUT2D eigenvalue weighted by Gasteiger charge is 2.36. The zero-order chi connectivity index (χ0) is 22.0. The molecule has 1 N–H and O–H groups in total. The summed E-state index contributed by atoms with van der Waals surface area (Å²) in [5, 5.41) is 2.89. The molecule has 162 valence electrons. The maximum atomic E-state index is 12.7. The quantitative estimate of drug-likeness (QED) is 0.725. The number of amides is 2. The second-order valence-corrected chi connectivity index (χ2v) is 8.25. The fourth-order valence-corrected chi connectivity index (χ4v) is 4.19. The summed E-state index contributed by atoms with van der Waals surface area (Å²) in [6.45, 7) is 4.81. The molecule has 2 aromatic rings. The van der Waals surface area contributed by atoms with E-state index in [1.807, 2.05) is 50.2 Å². The first-order valence-electron chi connectivity index (χ1n) is 10.7. The van der Waals surface area contributed by atoms with Crippen molar-refractivity contribution >= 4 is 29.2 Å². The molecule has 4 rings (SSSR count). The Kier molecular flexibility index (Phi) is 5.93. The van der Waals surface area contributed by atoms with E-state index in [2.05, 4.69) is 10.2 Å². The Morgan fingerprint density at radius 1 is 1.19 bits per heavy atom. The molecule has 1 fully saturated rings. The average Bonchev–Trinajstić information content (AvgIpc) is 3.27. The molecular weight excluding hydrogens is 394 g/mol. The molecule has 2 aromatic carbocycles. The fourth-order valence-electron chi connectivity index (χ4n) is 4.19. The van der Waals surface area contributed by atoms with E-state index in [0.717, 1.165) is 30.6 Å². The van der Waals surface area contributed by atoms with Crippen LogP contribution in [0, 0.1) is 0 Å². The maximum absolute atomic E-state index is 12.7. The topological polar surface area (TPSA) is 79.0 Å². The Balaban J connectivity index is 1.41. The lowest BCUT2D eigenvalue weighted by molar-refractivity contribution is -0.137. The lowest BCUT2D eigenvalue weighted by atomic mass is 10.1. The van der Waals surface area contributed by atoms with E-state index in [1.165, 1.54) is 0 Å². The number of anilines is 2. The molecule has 0 saturated carbocycles. The van der Waals surface area contributed by atoms with Gasteiger partial charge in [-0.3, -0.25) is 9.59 Å². The smallest absolute Gasteiger partial charge is 0.338 e. The molecule has 7 nitrogen and oxygen atoms in total. The summed E-state index contributed by atoms with van der Waals surface area (Å²) in [5.41, 5.74) is 2.85. The summed E-state index contributed by atoms with van der Waals surface area (Å²) >= 11 is 0. The van der Waals surface area contributed by atoms with Gasteiger partial charge in [-0.15, -0.1) is 0 Å². The number of benzene rings is 2. The first kappa shape index (κ1) is 20.9. The van der Waals surface area contributed by atoms with E-state index >= 15 is 0 Å². The highest BCUT2D eigenvalue weighted by atomic mass is 16.5. The number of rotatable bonds is 6. The van der Waals surface area contributed by atoms with E-state index < -0.39 is 5.97 Å². The number of ether oxygens (including phenoxy) is 1. The molecule has 2 amide bonds. The van der Waals surface area contributed by atoms with Crippen LogP contribution in [0.3, 0.4) is 0 Å². The normalized spacial score (nSPS) is 17.1. The highest BCUT2D eigenvalue weighted by Crippen LogP contribution is 2.37. The number of carbonyl (C=O) groups excluding carboxylic acids is 3. The number of hydrogen-bond acceptors (Lipinski definition) is 5. The van der Waals surface area contributed by atoms with Gasteiger partial charge in [-0.1, -0.05) is 30.3 Å². The standard InChI is InChI=1S/C24H27N3O4/c1-16(2)27(14-17-7-4-3-5-8-17)22(28)15-31-24(30)18-10-11-20-19(13-18)25-23(29)21-9-6-12-26(20)21/h3-5,7-8,10-11,13,16,21H,6,9,12,14-15H2,1-2H3,(H,25,29)/t21-/m1/s1. The van der Waals surface area contributed by atoms with E-state index in [1.54, 1.807) is 17.0 Å². The van der Waals surface area contributed by atoms with Crippen molar-refractivity contribution < 1.29 is 19.1 Å². The molecule has 31 heavy (non-hydrogen) atoms. The van der Waals surface area contributed by atoms with Gasteiger partial charge in [-0.2, -0.15) is 0 Å². The third-order valence-corrected chi connectivity index (χ3v) is 5.82. The van der Waals surface area contributed by atoms with Gasteiger partial charge in [-0.05, 0) is 50.5 Å². The van der Waals surface area contributed by atoms with Gasteiger partial charge in [0.05, 0.1) is 16.9 Å². The van der Waals surface area contributed by atoms with Crippen LogP contribution in [0.2, 0.25) is 0 Å². The van der Waals surface area contributed by atoms with Crippen LogP contribution in [-0.2, 0) is 20.9 Å². The monoisotopic (exact) mass is 421 g/mol. The van der Waals surface area contributed by atoms with Gasteiger partial charge in [0, 0.05) is 19.1 Å². The second-order valence-electron chi connectivity index (χ2n) is 8.25. The van der Waals surface area contributed by atoms with E-state index in [9.17, 15) is 14.4 Å². The van der Waals surface area contributed by atoms with Gasteiger partial charge in [0.1, 0.15) is 6.04 Å². The first-order chi connectivity index (χ1) is 14.9. The molecule has 0 radical (unpaired) electrons. The molecular formula is C24H27N3O4. The lowest BCUT2D eigenvalue weighted by Crippen LogP contribution is -2.43. The molecule has 2 aliphatic heterocycles. The van der Waals surface area contributed by atoms with Gasteiger partial charge in [0.2, 0.25) is 5.91 Å². The minimum absolute atomic E-state index is 0.0289. The molecule has 0 spiro atoms. The van der Waals surface area contributed by atoms with Crippen molar-refractivity contribution in [2.75, 3.05) is 23.4 Å². The van der Waals surface area contributed by atoms with Gasteiger partial charge in [-0.25, -0.2) is 4.79 Å². The van der Waals surface area contributed by atoms with Gasteiger partial charge >= 0.3 is 5.97 Å². The van der Waals surface area contributed by atoms with Crippen LogP contribution in [0.5, 0.6) is 0 Å². The number of nitrogens with zero attached hydrogens (tertiary/aromatic N) is 2. The second kappa shape index (κ2) is 8.79. The molecule has 0 unspecified atom stereocenters. The van der Waals surface area contributed by atoms with Crippen LogP contribution in [0.1, 0.15) is 42.6 Å². The zero-order valence-corrected chi connectivity index (χ0v) is 17.8. The Morgan fingerprint density at radius 3 is 2.71 bits per heavy atom. The van der Waals surface area contributed by atoms with Crippen molar-refractivity contribution in [2.24, 2.45) is 0 Å². The van der Waals surface area contributed by atoms with Crippen LogP contribution in [0.25, 0.3) is 0 Å². The van der Waals surface area contributed by atoms with Crippen molar-refractivity contribution in [1.82, 2.24) is 4.90 Å². The van der Waals surface area contributed by atoms with Gasteiger partial charge in [0.15, 0.2) is 6.61 Å². The van der Waals surface area contributed by atoms with Gasteiger partial charge < -0.3 is 19.9 Å². The predicted molar refractivity (Wildman–Crippen MR) is 118 cm³/mol. The molecule has 0 aliphatic carbocycles. The van der Waals surface area contributed by atoms with Crippen LogP contribution >= 0.6 is 0 Å². The summed E-state index contributed by atoms with van der Waals surface area (Å²) < 4.78 is 5.31. The van der Waals surface area contributed by atoms with Gasteiger partial charge in [0.25, 0.3) is 5.91 Å². The summed E-state index contributed by atoms with van der Waals surface area (Å²) in [6, 6.07) is 14.7. The SMILES string of the molecule is CC(C)N(Cc1ccccc1)C(=O)COC(=O)c1ccc2c(c1)NC(=O)[C@H]1CCCN21. The Hall–Kier alpha value is -3.35. The lowest BCUT2D eigenvalue weighted by Gasteiger charge is -2.33. The minimum Gasteiger partial charge on any atom is -0.452 e. The van der Waals surface area contributed by atoms with Crippen LogP contribution in [0.15, 0.2) is 48.5 Å². The summed E-state index contributed by atoms with van der Waals surface area (Å²) in [5.74, 6) is -0.880. The number of hydrogen-bond donors (Lipinski definition) is 1. The first-order valence-corrected chi connectivity index (χ1v) is 10.7. The number of carbonyl (C=O) groups is 3. The fraction of sp³-hybridized carbons (Fsp3) is 0.375. The molecule has 2 aliphatic rings. The molecule has 7 heteroatoms. The van der Waals surface area contributed by atoms with E-state index in [-0.39, 0.29) is 30.5 Å². The molecule has 0 aromatic heterocycles. The molecule has 1 saturated heterocycles. The third kappa shape index (κ3) is 4.40. The van der Waals surface area contributed by atoms with E-state index in [4.69, 9.17) is 4.74 Å². The Morgan fingerprint density at radius 2 is 1.97 bits per heavy atom. The molecule has 1 atom stereocenters. The third-order valence-electron chi connectivity index (χ3n) is 5.82. The average molecular weight is 421 g/mol. The van der Waals surface area contributed by atoms with Crippen LogP contribution < -0.4 is 10.2 Å². The van der Waals surface area contributed by atoms with Crippen LogP contribution in [-0.4, -0.2) is 47.9 Å². The zero-order valence-electron chi connectivity index (χ0n) is 17.8. The minimum atomic E-state index is -0.586. The van der Waals surface area contributed by atoms with Crippen molar-refractivity contribution in [2.45, 2.75) is 45.3 Å². The number of nitrogens with one attached hydrogen (secondary N) is 1. The maximum Gasteiger partial charge on any atom is 0.338 e. The predicted octanol–water partition coefficient (Wildman–Crippen LogP) is 3.20. The molecule has 0 bridgehead atoms. The van der Waals surface area contributed by atoms with Crippen LogP contribution in [0.4, 0.5) is 11.4 Å². The summed E-state index contributed by atoms with van der Waals surface area (Å²) in [6.07, 6.45) is 1.81. The summed E-state index contributed by atoms with van der Waals surface area (Å²) in [4.78, 5) is 41.4. The highest BCUT2D eigenvalue weighted by molar-refractivity contribution is 6.05. The summed E-state index contributed by atoms with van der Waals surface area (Å²) in [7, 11) is 0. The molecule has 2 heterocycles. The van der Waals surface area contributed by atoms with Crippen molar-refractivity contribution in [3.05, 3.63) is 59.7 Å². The van der Waals surface area contributed by atoms with Crippen molar-refractivity contribution in [3.63, 3.8) is 0 Å². The van der Waals surface area contributed by atoms with Crippen molar-refractivity contribution in [3.8, 4) is 0 Å². The number of fused-ring (bicyclic) bond motifs is 3. The number of esters is 1.